The Balaban J connectivity index is 1.88. The number of aryl methyl sites for hydroxylation is 1. The van der Waals surface area contributed by atoms with Gasteiger partial charge in [-0.25, -0.2) is 5.43 Å². The van der Waals surface area contributed by atoms with Crippen LogP contribution in [-0.4, -0.2) is 28.6 Å². The van der Waals surface area contributed by atoms with Gasteiger partial charge in [0.05, 0.1) is 15.4 Å². The first kappa shape index (κ1) is 20.2. The summed E-state index contributed by atoms with van der Waals surface area (Å²) < 4.78 is 5.16. The summed E-state index contributed by atoms with van der Waals surface area (Å²) in [7, 11) is 0. The highest BCUT2D eigenvalue weighted by molar-refractivity contribution is 5.82. The maximum absolute atomic E-state index is 11.7. The molecule has 1 N–H and O–H groups in total. The molecule has 10 nitrogen and oxygen atoms in total. The molecule has 144 valence electrons. The standard InChI is InChI=1S/C18H16N4O6/c1-13-8-9-17(16(11-13)22(26)27)28-12-18(23)20-19-10-4-6-14-5-2-3-7-15(14)21(24)25/h2-11H,12H2,1H3,(H,20,23)/b6-4+,19-10-. The Hall–Kier alpha value is -4.08. The Morgan fingerprint density at radius 1 is 1.14 bits per heavy atom. The number of hydrazone groups is 1. The second-order valence-electron chi connectivity index (χ2n) is 5.51. The fourth-order valence-electron chi connectivity index (χ4n) is 2.16. The molecule has 0 heterocycles. The minimum absolute atomic E-state index is 0.0222. The van der Waals surface area contributed by atoms with Crippen LogP contribution in [0.2, 0.25) is 0 Å². The zero-order valence-electron chi connectivity index (χ0n) is 14.8. The molecule has 10 heteroatoms. The summed E-state index contributed by atoms with van der Waals surface area (Å²) in [6.45, 7) is 1.24. The fourth-order valence-corrected chi connectivity index (χ4v) is 2.16. The van der Waals surface area contributed by atoms with Gasteiger partial charge in [0.15, 0.2) is 12.4 Å². The Labute approximate surface area is 159 Å². The first-order chi connectivity index (χ1) is 13.4. The molecule has 0 aliphatic carbocycles. The summed E-state index contributed by atoms with van der Waals surface area (Å²) in [5.74, 6) is -0.642. The first-order valence-electron chi connectivity index (χ1n) is 7.98. The third-order valence-corrected chi connectivity index (χ3v) is 3.43. The molecule has 1 amide bonds. The Morgan fingerprint density at radius 3 is 2.57 bits per heavy atom. The van der Waals surface area contributed by atoms with Crippen LogP contribution in [-0.2, 0) is 4.79 Å². The summed E-state index contributed by atoms with van der Waals surface area (Å²) in [4.78, 5) is 32.5. The van der Waals surface area contributed by atoms with E-state index in [1.165, 1.54) is 36.6 Å². The van der Waals surface area contributed by atoms with Crippen molar-refractivity contribution in [1.82, 2.24) is 5.43 Å². The van der Waals surface area contributed by atoms with Crippen molar-refractivity contribution < 1.29 is 19.4 Å². The molecule has 0 aromatic heterocycles. The van der Waals surface area contributed by atoms with Crippen LogP contribution < -0.4 is 10.2 Å². The van der Waals surface area contributed by atoms with Crippen molar-refractivity contribution in [2.75, 3.05) is 6.61 Å². The fraction of sp³-hybridized carbons (Fsp3) is 0.111. The van der Waals surface area contributed by atoms with E-state index in [2.05, 4.69) is 10.5 Å². The van der Waals surface area contributed by atoms with Crippen LogP contribution in [0.5, 0.6) is 5.75 Å². The number of allylic oxidation sites excluding steroid dienone is 1. The number of hydrogen-bond donors (Lipinski definition) is 1. The molecule has 0 spiro atoms. The number of carbonyl (C=O) groups is 1. The summed E-state index contributed by atoms with van der Waals surface area (Å²) in [6.07, 6.45) is 4.14. The highest BCUT2D eigenvalue weighted by Gasteiger charge is 2.16. The molecule has 0 unspecified atom stereocenters. The predicted octanol–water partition coefficient (Wildman–Crippen LogP) is 3.01. The summed E-state index contributed by atoms with van der Waals surface area (Å²) in [6, 6.07) is 10.6. The quantitative estimate of drug-likeness (QED) is 0.422. The average Bonchev–Trinajstić information content (AvgIpc) is 2.66. The summed E-state index contributed by atoms with van der Waals surface area (Å²) in [5.41, 5.74) is 2.99. The number of nitrogens with one attached hydrogen (secondary N) is 1. The van der Waals surface area contributed by atoms with Crippen molar-refractivity contribution in [3.63, 3.8) is 0 Å². The number of ether oxygens (including phenoxy) is 1. The van der Waals surface area contributed by atoms with E-state index in [-0.39, 0.29) is 17.1 Å². The van der Waals surface area contributed by atoms with Gasteiger partial charge in [-0.2, -0.15) is 5.10 Å². The first-order valence-corrected chi connectivity index (χ1v) is 7.98. The number of nitrogens with zero attached hydrogens (tertiary/aromatic N) is 3. The van der Waals surface area contributed by atoms with Crippen LogP contribution in [0.3, 0.4) is 0 Å². The molecule has 2 rings (SSSR count). The Morgan fingerprint density at radius 2 is 1.86 bits per heavy atom. The number of nitro benzene ring substituents is 2. The van der Waals surface area contributed by atoms with Crippen LogP contribution in [0.25, 0.3) is 6.08 Å². The maximum Gasteiger partial charge on any atom is 0.311 e. The molecular formula is C18H16N4O6. The van der Waals surface area contributed by atoms with E-state index in [1.807, 2.05) is 0 Å². The van der Waals surface area contributed by atoms with Crippen LogP contribution in [0.1, 0.15) is 11.1 Å². The summed E-state index contributed by atoms with van der Waals surface area (Å²) in [5, 5.41) is 25.5. The minimum atomic E-state index is -0.620. The number of nitro groups is 2. The molecule has 0 bridgehead atoms. The smallest absolute Gasteiger partial charge is 0.311 e. The van der Waals surface area contributed by atoms with Crippen molar-refractivity contribution in [2.24, 2.45) is 5.10 Å². The maximum atomic E-state index is 11.7. The van der Waals surface area contributed by atoms with Crippen LogP contribution in [0.15, 0.2) is 53.6 Å². The topological polar surface area (TPSA) is 137 Å². The molecule has 2 aromatic rings. The predicted molar refractivity (Wildman–Crippen MR) is 102 cm³/mol. The molecular weight excluding hydrogens is 368 g/mol. The van der Waals surface area contributed by atoms with Gasteiger partial charge in [-0.05, 0) is 36.8 Å². The number of amides is 1. The van der Waals surface area contributed by atoms with Gasteiger partial charge in [0.2, 0.25) is 0 Å². The Kier molecular flexibility index (Phi) is 6.92. The number of para-hydroxylation sites is 1. The van der Waals surface area contributed by atoms with Crippen molar-refractivity contribution in [3.8, 4) is 5.75 Å². The SMILES string of the molecule is Cc1ccc(OCC(=O)N/N=C\C=C\c2ccccc2[N+](=O)[O-])c([N+](=O)[O-])c1. The third-order valence-electron chi connectivity index (χ3n) is 3.43. The molecule has 28 heavy (non-hydrogen) atoms. The summed E-state index contributed by atoms with van der Waals surface area (Å²) >= 11 is 0. The molecule has 0 aliphatic heterocycles. The van der Waals surface area contributed by atoms with E-state index >= 15 is 0 Å². The van der Waals surface area contributed by atoms with Crippen molar-refractivity contribution in [1.29, 1.82) is 0 Å². The monoisotopic (exact) mass is 384 g/mol. The number of rotatable bonds is 8. The zero-order valence-corrected chi connectivity index (χ0v) is 14.8. The van der Waals surface area contributed by atoms with Crippen LogP contribution in [0, 0.1) is 27.2 Å². The third kappa shape index (κ3) is 5.73. The lowest BCUT2D eigenvalue weighted by molar-refractivity contribution is -0.385. The normalized spacial score (nSPS) is 10.9. The molecule has 0 fully saturated rings. The van der Waals surface area contributed by atoms with Crippen molar-refractivity contribution in [2.45, 2.75) is 6.92 Å². The number of benzene rings is 2. The molecule has 2 aromatic carbocycles. The van der Waals surface area contributed by atoms with Gasteiger partial charge in [-0.15, -0.1) is 0 Å². The van der Waals surface area contributed by atoms with E-state index in [0.717, 1.165) is 0 Å². The van der Waals surface area contributed by atoms with Crippen molar-refractivity contribution >= 4 is 29.6 Å². The molecule has 0 saturated heterocycles. The lowest BCUT2D eigenvalue weighted by Crippen LogP contribution is -2.24. The van der Waals surface area contributed by atoms with E-state index < -0.39 is 22.4 Å². The van der Waals surface area contributed by atoms with Crippen LogP contribution in [0.4, 0.5) is 11.4 Å². The number of carbonyl (C=O) groups excluding carboxylic acids is 1. The second-order valence-corrected chi connectivity index (χ2v) is 5.51. The van der Waals surface area contributed by atoms with Gasteiger partial charge < -0.3 is 4.74 Å². The van der Waals surface area contributed by atoms with Gasteiger partial charge in [0.25, 0.3) is 11.6 Å². The van der Waals surface area contributed by atoms with E-state index in [0.29, 0.717) is 11.1 Å². The van der Waals surface area contributed by atoms with E-state index in [9.17, 15) is 25.0 Å². The van der Waals surface area contributed by atoms with E-state index in [1.54, 1.807) is 31.2 Å². The molecule has 0 atom stereocenters. The van der Waals surface area contributed by atoms with E-state index in [4.69, 9.17) is 4.74 Å². The Bertz CT molecular complexity index is 955. The molecule has 0 aliphatic rings. The highest BCUT2D eigenvalue weighted by Crippen LogP contribution is 2.27. The lowest BCUT2D eigenvalue weighted by atomic mass is 10.2. The second kappa shape index (κ2) is 9.57. The van der Waals surface area contributed by atoms with Gasteiger partial charge >= 0.3 is 5.69 Å². The molecule has 0 radical (unpaired) electrons. The van der Waals surface area contributed by atoms with Gasteiger partial charge in [-0.3, -0.25) is 25.0 Å². The minimum Gasteiger partial charge on any atom is -0.477 e. The zero-order chi connectivity index (χ0) is 20.5. The number of hydrogen-bond acceptors (Lipinski definition) is 7. The van der Waals surface area contributed by atoms with Gasteiger partial charge in [-0.1, -0.05) is 18.2 Å². The lowest BCUT2D eigenvalue weighted by Gasteiger charge is -2.06. The van der Waals surface area contributed by atoms with Gasteiger partial charge in [0.1, 0.15) is 0 Å². The highest BCUT2D eigenvalue weighted by atomic mass is 16.6. The van der Waals surface area contributed by atoms with Crippen molar-refractivity contribution in [3.05, 3.63) is 79.9 Å². The van der Waals surface area contributed by atoms with Crippen LogP contribution >= 0.6 is 0 Å². The average molecular weight is 384 g/mol. The van der Waals surface area contributed by atoms with Gasteiger partial charge in [0, 0.05) is 18.3 Å². The molecule has 0 saturated carbocycles. The largest absolute Gasteiger partial charge is 0.477 e.